The number of nitrogens with zero attached hydrogens (tertiary/aromatic N) is 4. The summed E-state index contributed by atoms with van der Waals surface area (Å²) in [7, 11) is 1.56. The molecule has 1 fully saturated rings. The molecule has 1 N–H and O–H groups in total. The number of piperidine rings is 1. The lowest BCUT2D eigenvalue weighted by Crippen LogP contribution is -2.34. The van der Waals surface area contributed by atoms with Gasteiger partial charge in [0.2, 0.25) is 5.69 Å². The molecule has 1 aromatic carbocycles. The molecule has 0 bridgehead atoms. The normalized spacial score (nSPS) is 15.7. The van der Waals surface area contributed by atoms with Crippen LogP contribution in [0.1, 0.15) is 30.3 Å². The van der Waals surface area contributed by atoms with Crippen LogP contribution in [0.25, 0.3) is 5.69 Å². The predicted molar refractivity (Wildman–Crippen MR) is 85.5 cm³/mol. The first-order valence-electron chi connectivity index (χ1n) is 7.69. The smallest absolute Gasteiger partial charge is 0.360 e. The molecule has 0 saturated carbocycles. The van der Waals surface area contributed by atoms with Crippen molar-refractivity contribution in [3.8, 4) is 11.4 Å². The van der Waals surface area contributed by atoms with Gasteiger partial charge in [0.25, 0.3) is 0 Å². The van der Waals surface area contributed by atoms with Crippen LogP contribution in [0.2, 0.25) is 0 Å². The van der Waals surface area contributed by atoms with Gasteiger partial charge in [0.05, 0.1) is 7.11 Å². The number of benzene rings is 1. The molecular weight excluding hydrogens is 296 g/mol. The van der Waals surface area contributed by atoms with Gasteiger partial charge in [-0.1, -0.05) is 19.1 Å². The van der Waals surface area contributed by atoms with Gasteiger partial charge in [-0.2, -0.15) is 0 Å². The summed E-state index contributed by atoms with van der Waals surface area (Å²) < 4.78 is 5.31. The number of para-hydroxylation sites is 2. The molecule has 0 aliphatic carbocycles. The van der Waals surface area contributed by atoms with E-state index in [0.717, 1.165) is 25.9 Å². The Morgan fingerprint density at radius 1 is 1.26 bits per heavy atom. The lowest BCUT2D eigenvalue weighted by molar-refractivity contribution is 0.0690. The van der Waals surface area contributed by atoms with E-state index in [-0.39, 0.29) is 5.69 Å². The highest BCUT2D eigenvalue weighted by Gasteiger charge is 2.26. The van der Waals surface area contributed by atoms with Crippen molar-refractivity contribution in [2.24, 2.45) is 5.92 Å². The Bertz CT molecular complexity index is 705. The van der Waals surface area contributed by atoms with Crippen molar-refractivity contribution >= 4 is 11.8 Å². The van der Waals surface area contributed by atoms with Crippen LogP contribution in [0, 0.1) is 5.92 Å². The van der Waals surface area contributed by atoms with Crippen LogP contribution in [-0.2, 0) is 0 Å². The molecule has 23 heavy (non-hydrogen) atoms. The van der Waals surface area contributed by atoms with E-state index in [9.17, 15) is 9.90 Å². The summed E-state index contributed by atoms with van der Waals surface area (Å²) in [6.07, 6.45) is 2.06. The van der Waals surface area contributed by atoms with Crippen LogP contribution in [-0.4, -0.2) is 46.3 Å². The van der Waals surface area contributed by atoms with Crippen molar-refractivity contribution in [1.29, 1.82) is 0 Å². The highest BCUT2D eigenvalue weighted by Crippen LogP contribution is 2.27. The predicted octanol–water partition coefficient (Wildman–Crippen LogP) is 2.21. The van der Waals surface area contributed by atoms with Gasteiger partial charge in [-0.15, -0.1) is 15.0 Å². The molecule has 1 saturated heterocycles. The molecule has 2 heterocycles. The van der Waals surface area contributed by atoms with Crippen molar-refractivity contribution in [2.45, 2.75) is 19.8 Å². The maximum atomic E-state index is 11.6. The molecule has 1 aromatic heterocycles. The number of carboxylic acid groups (broad SMARTS) is 1. The molecule has 3 rings (SSSR count). The van der Waals surface area contributed by atoms with Gasteiger partial charge in [0.1, 0.15) is 11.4 Å². The van der Waals surface area contributed by atoms with Gasteiger partial charge < -0.3 is 14.7 Å². The monoisotopic (exact) mass is 316 g/mol. The van der Waals surface area contributed by atoms with E-state index in [1.54, 1.807) is 19.2 Å². The Morgan fingerprint density at radius 2 is 1.96 bits per heavy atom. The Kier molecular flexibility index (Phi) is 4.18. The minimum atomic E-state index is -1.07. The first-order chi connectivity index (χ1) is 11.1. The van der Waals surface area contributed by atoms with Gasteiger partial charge in [0, 0.05) is 13.1 Å². The van der Waals surface area contributed by atoms with Gasteiger partial charge in [-0.3, -0.25) is 0 Å². The van der Waals surface area contributed by atoms with E-state index >= 15 is 0 Å². The maximum absolute atomic E-state index is 11.6. The van der Waals surface area contributed by atoms with E-state index in [0.29, 0.717) is 23.2 Å². The fourth-order valence-corrected chi connectivity index (χ4v) is 2.77. The Morgan fingerprint density at radius 3 is 2.61 bits per heavy atom. The third kappa shape index (κ3) is 2.99. The molecule has 0 atom stereocenters. The largest absolute Gasteiger partial charge is 0.494 e. The van der Waals surface area contributed by atoms with Gasteiger partial charge >= 0.3 is 5.97 Å². The minimum Gasteiger partial charge on any atom is -0.494 e. The van der Waals surface area contributed by atoms with Crippen LogP contribution >= 0.6 is 0 Å². The summed E-state index contributed by atoms with van der Waals surface area (Å²) in [5, 5.41) is 18.1. The van der Waals surface area contributed by atoms with E-state index in [1.165, 1.54) is 4.80 Å². The van der Waals surface area contributed by atoms with Crippen LogP contribution in [0.3, 0.4) is 0 Å². The molecule has 122 valence electrons. The number of carbonyl (C=O) groups is 1. The zero-order valence-electron chi connectivity index (χ0n) is 13.3. The quantitative estimate of drug-likeness (QED) is 0.931. The van der Waals surface area contributed by atoms with Crippen molar-refractivity contribution in [3.05, 3.63) is 30.0 Å². The SMILES string of the molecule is COc1ccccc1-n1nc(C(=O)O)c(N2CCC(C)CC2)n1. The molecule has 0 spiro atoms. The summed E-state index contributed by atoms with van der Waals surface area (Å²) >= 11 is 0. The average Bonchev–Trinajstić information content (AvgIpc) is 3.01. The second-order valence-corrected chi connectivity index (χ2v) is 5.81. The third-order valence-electron chi connectivity index (χ3n) is 4.18. The first-order valence-corrected chi connectivity index (χ1v) is 7.69. The minimum absolute atomic E-state index is 0.0227. The molecule has 7 nitrogen and oxygen atoms in total. The summed E-state index contributed by atoms with van der Waals surface area (Å²) in [6.45, 7) is 3.80. The average molecular weight is 316 g/mol. The third-order valence-corrected chi connectivity index (χ3v) is 4.18. The molecule has 0 unspecified atom stereocenters. The van der Waals surface area contributed by atoms with Gasteiger partial charge in [-0.05, 0) is 30.9 Å². The van der Waals surface area contributed by atoms with Crippen LogP contribution < -0.4 is 9.64 Å². The summed E-state index contributed by atoms with van der Waals surface area (Å²) in [5.74, 6) is 0.608. The van der Waals surface area contributed by atoms with Crippen LogP contribution in [0.4, 0.5) is 5.82 Å². The number of anilines is 1. The van der Waals surface area contributed by atoms with E-state index < -0.39 is 5.97 Å². The fourth-order valence-electron chi connectivity index (χ4n) is 2.77. The summed E-state index contributed by atoms with van der Waals surface area (Å²) in [4.78, 5) is 14.9. The second kappa shape index (κ2) is 6.28. The molecule has 0 radical (unpaired) electrons. The highest BCUT2D eigenvalue weighted by atomic mass is 16.5. The first kappa shape index (κ1) is 15.3. The fraction of sp³-hybridized carbons (Fsp3) is 0.438. The lowest BCUT2D eigenvalue weighted by atomic mass is 9.99. The summed E-state index contributed by atoms with van der Waals surface area (Å²) in [5.41, 5.74) is 0.597. The standard InChI is InChI=1S/C16H20N4O3/c1-11-7-9-19(10-8-11)15-14(16(21)22)17-20(18-15)12-5-3-4-6-13(12)23-2/h3-6,11H,7-10H2,1-2H3,(H,21,22). The number of aromatic carboxylic acids is 1. The maximum Gasteiger partial charge on any atom is 0.360 e. The van der Waals surface area contributed by atoms with Crippen LogP contribution in [0.5, 0.6) is 5.75 Å². The van der Waals surface area contributed by atoms with Crippen LogP contribution in [0.15, 0.2) is 24.3 Å². The number of rotatable bonds is 4. The van der Waals surface area contributed by atoms with Crippen molar-refractivity contribution < 1.29 is 14.6 Å². The molecule has 7 heteroatoms. The number of hydrogen-bond donors (Lipinski definition) is 1. The number of carboxylic acids is 1. The van der Waals surface area contributed by atoms with E-state index in [2.05, 4.69) is 17.1 Å². The van der Waals surface area contributed by atoms with Gasteiger partial charge in [0.15, 0.2) is 5.82 Å². The van der Waals surface area contributed by atoms with Crippen molar-refractivity contribution in [2.75, 3.05) is 25.1 Å². The highest BCUT2D eigenvalue weighted by molar-refractivity contribution is 5.91. The number of hydrogen-bond acceptors (Lipinski definition) is 5. The van der Waals surface area contributed by atoms with Crippen molar-refractivity contribution in [1.82, 2.24) is 15.0 Å². The molecule has 0 amide bonds. The molecular formula is C16H20N4O3. The molecule has 2 aromatic rings. The van der Waals surface area contributed by atoms with Crippen molar-refractivity contribution in [3.63, 3.8) is 0 Å². The van der Waals surface area contributed by atoms with E-state index in [1.807, 2.05) is 17.0 Å². The van der Waals surface area contributed by atoms with Gasteiger partial charge in [-0.25, -0.2) is 4.79 Å². The second-order valence-electron chi connectivity index (χ2n) is 5.81. The zero-order chi connectivity index (χ0) is 16.4. The molecule has 1 aliphatic heterocycles. The van der Waals surface area contributed by atoms with E-state index in [4.69, 9.17) is 4.74 Å². The Labute approximate surface area is 134 Å². The molecule has 1 aliphatic rings. The number of aromatic nitrogens is 3. The summed E-state index contributed by atoms with van der Waals surface area (Å²) in [6, 6.07) is 7.27. The Balaban J connectivity index is 2.00. The lowest BCUT2D eigenvalue weighted by Gasteiger charge is -2.30. The zero-order valence-corrected chi connectivity index (χ0v) is 13.3. The Hall–Kier alpha value is -2.57. The number of ether oxygens (including phenoxy) is 1. The topological polar surface area (TPSA) is 80.5 Å². The number of methoxy groups -OCH3 is 1.